The van der Waals surface area contributed by atoms with E-state index in [1.807, 2.05) is 17.0 Å². The second-order valence-electron chi connectivity index (χ2n) is 9.42. The van der Waals surface area contributed by atoms with Gasteiger partial charge >= 0.3 is 6.03 Å². The highest BCUT2D eigenvalue weighted by molar-refractivity contribution is 8.04. The number of amides is 4. The lowest BCUT2D eigenvalue weighted by molar-refractivity contribution is -0.128. The molecule has 0 spiro atoms. The summed E-state index contributed by atoms with van der Waals surface area (Å²) in [4.78, 5) is 46.7. The van der Waals surface area contributed by atoms with E-state index >= 15 is 0 Å². The van der Waals surface area contributed by atoms with Crippen molar-refractivity contribution in [1.29, 1.82) is 0 Å². The first-order valence-corrected chi connectivity index (χ1v) is 13.2. The van der Waals surface area contributed by atoms with Gasteiger partial charge in [-0.05, 0) is 31.9 Å². The second-order valence-corrected chi connectivity index (χ2v) is 10.7. The molecule has 1 unspecified atom stereocenters. The first-order valence-electron chi connectivity index (χ1n) is 12.4. The van der Waals surface area contributed by atoms with Gasteiger partial charge in [-0.2, -0.15) is 9.61 Å². The van der Waals surface area contributed by atoms with Crippen LogP contribution < -0.4 is 16.0 Å². The fourth-order valence-electron chi connectivity index (χ4n) is 4.65. The molecule has 1 aliphatic carbocycles. The fourth-order valence-corrected chi connectivity index (χ4v) is 5.81. The summed E-state index contributed by atoms with van der Waals surface area (Å²) in [6.07, 6.45) is 8.18. The van der Waals surface area contributed by atoms with E-state index in [0.29, 0.717) is 17.3 Å². The minimum atomic E-state index is -0.547. The third-order valence-electron chi connectivity index (χ3n) is 6.90. The first kappa shape index (κ1) is 23.0. The molecule has 2 aromatic rings. The summed E-state index contributed by atoms with van der Waals surface area (Å²) >= 11 is 1.57. The maximum Gasteiger partial charge on any atom is 0.326 e. The number of allylic oxidation sites excluding steroid dienone is 1. The molecule has 188 valence electrons. The maximum absolute atomic E-state index is 13.2. The Hall–Kier alpha value is -3.38. The van der Waals surface area contributed by atoms with Crippen molar-refractivity contribution in [2.75, 3.05) is 38.0 Å². The zero-order valence-corrected chi connectivity index (χ0v) is 20.8. The maximum atomic E-state index is 13.2. The van der Waals surface area contributed by atoms with Crippen molar-refractivity contribution < 1.29 is 14.4 Å². The number of urea groups is 1. The van der Waals surface area contributed by atoms with Crippen LogP contribution in [0.4, 0.5) is 10.6 Å². The molecule has 5 heterocycles. The van der Waals surface area contributed by atoms with Gasteiger partial charge in [0.2, 0.25) is 0 Å². The Bertz CT molecular complexity index is 1310. The summed E-state index contributed by atoms with van der Waals surface area (Å²) in [7, 11) is 0. The highest BCUT2D eigenvalue weighted by Crippen LogP contribution is 2.44. The third kappa shape index (κ3) is 4.46. The number of thioether (sulfide) groups is 1. The minimum absolute atomic E-state index is 0.00974. The van der Waals surface area contributed by atoms with E-state index in [0.717, 1.165) is 68.4 Å². The predicted molar refractivity (Wildman–Crippen MR) is 136 cm³/mol. The number of piperazine rings is 1. The number of aromatic nitrogens is 3. The van der Waals surface area contributed by atoms with Gasteiger partial charge in [-0.15, -0.1) is 11.8 Å². The summed E-state index contributed by atoms with van der Waals surface area (Å²) in [5.74, 6) is 0.455. The van der Waals surface area contributed by atoms with Gasteiger partial charge in [0.15, 0.2) is 5.65 Å². The van der Waals surface area contributed by atoms with Gasteiger partial charge in [0, 0.05) is 43.9 Å². The van der Waals surface area contributed by atoms with Gasteiger partial charge in [-0.3, -0.25) is 14.9 Å². The highest BCUT2D eigenvalue weighted by Gasteiger charge is 2.31. The molecule has 2 aromatic heterocycles. The number of likely N-dealkylation sites (N-methyl/N-ethyl adjacent to an activating group) is 1. The van der Waals surface area contributed by atoms with Crippen molar-refractivity contribution in [2.45, 2.75) is 37.5 Å². The van der Waals surface area contributed by atoms with Crippen LogP contribution in [0.25, 0.3) is 11.7 Å². The molecule has 0 bridgehead atoms. The molecule has 6 rings (SSSR count). The summed E-state index contributed by atoms with van der Waals surface area (Å²) in [6.45, 7) is 6.50. The van der Waals surface area contributed by atoms with Crippen molar-refractivity contribution in [3.05, 3.63) is 40.2 Å². The summed E-state index contributed by atoms with van der Waals surface area (Å²) < 4.78 is 1.73. The number of nitrogens with zero attached hydrogens (tertiary/aromatic N) is 5. The van der Waals surface area contributed by atoms with Gasteiger partial charge < -0.3 is 20.4 Å². The predicted octanol–water partition coefficient (Wildman–Crippen LogP) is 1.71. The first-order chi connectivity index (χ1) is 17.5. The molecule has 3 aliphatic heterocycles. The zero-order chi connectivity index (χ0) is 24.8. The van der Waals surface area contributed by atoms with Crippen LogP contribution in [-0.4, -0.2) is 81.0 Å². The molecule has 4 aliphatic rings. The molecule has 1 saturated carbocycles. The van der Waals surface area contributed by atoms with Gasteiger partial charge in [0.05, 0.1) is 22.0 Å². The van der Waals surface area contributed by atoms with E-state index in [-0.39, 0.29) is 16.9 Å². The van der Waals surface area contributed by atoms with Gasteiger partial charge in [-0.1, -0.05) is 13.0 Å². The smallest absolute Gasteiger partial charge is 0.326 e. The number of fused-ring (bicyclic) bond motifs is 1. The Morgan fingerprint density at radius 3 is 2.72 bits per heavy atom. The monoisotopic (exact) mass is 508 g/mol. The van der Waals surface area contributed by atoms with E-state index in [2.05, 4.69) is 32.9 Å². The topological polar surface area (TPSA) is 124 Å². The zero-order valence-electron chi connectivity index (χ0n) is 20.0. The number of hydrogen-bond donors (Lipinski definition) is 3. The Balaban J connectivity index is 1.26. The molecule has 1 atom stereocenters. The Morgan fingerprint density at radius 1 is 1.22 bits per heavy atom. The van der Waals surface area contributed by atoms with E-state index in [1.165, 1.54) is 0 Å². The highest BCUT2D eigenvalue weighted by atomic mass is 32.2. The Kier molecular flexibility index (Phi) is 5.92. The largest absolute Gasteiger partial charge is 0.367 e. The summed E-state index contributed by atoms with van der Waals surface area (Å²) in [5.41, 5.74) is 2.23. The van der Waals surface area contributed by atoms with Crippen LogP contribution in [-0.2, 0) is 9.59 Å². The molecule has 3 fully saturated rings. The lowest BCUT2D eigenvalue weighted by Crippen LogP contribution is -2.48. The molecule has 36 heavy (non-hydrogen) atoms. The molecule has 4 amide bonds. The van der Waals surface area contributed by atoms with Crippen LogP contribution in [0.3, 0.4) is 0 Å². The third-order valence-corrected chi connectivity index (χ3v) is 8.22. The van der Waals surface area contributed by atoms with Crippen molar-refractivity contribution >= 4 is 47.1 Å². The molecule has 2 saturated heterocycles. The molecule has 11 nitrogen and oxygen atoms in total. The molecule has 0 radical (unpaired) electrons. The van der Waals surface area contributed by atoms with Crippen LogP contribution in [0.15, 0.2) is 28.9 Å². The average Bonchev–Trinajstić information content (AvgIpc) is 3.26. The average molecular weight is 509 g/mol. The van der Waals surface area contributed by atoms with Crippen molar-refractivity contribution in [3.8, 4) is 0 Å². The molecule has 12 heteroatoms. The Labute approximate surface area is 212 Å². The molecule has 0 aromatic carbocycles. The minimum Gasteiger partial charge on any atom is -0.367 e. The number of rotatable bonds is 6. The quantitative estimate of drug-likeness (QED) is 0.398. The van der Waals surface area contributed by atoms with Crippen LogP contribution >= 0.6 is 11.8 Å². The normalized spacial score (nSPS) is 23.8. The lowest BCUT2D eigenvalue weighted by atomic mass is 10.2. The number of imide groups is 1. The van der Waals surface area contributed by atoms with E-state index in [4.69, 9.17) is 4.98 Å². The number of carbonyl (C=O) groups excluding carboxylic acids is 3. The van der Waals surface area contributed by atoms with E-state index < -0.39 is 11.9 Å². The van der Waals surface area contributed by atoms with Gasteiger partial charge in [-0.25, -0.2) is 9.78 Å². The lowest BCUT2D eigenvalue weighted by Gasteiger charge is -2.34. The number of carbonyl (C=O) groups is 3. The van der Waals surface area contributed by atoms with E-state index in [1.54, 1.807) is 28.6 Å². The molecular formula is C24H28N8O3S. The van der Waals surface area contributed by atoms with Crippen LogP contribution in [0.1, 0.15) is 42.7 Å². The van der Waals surface area contributed by atoms with Gasteiger partial charge in [0.25, 0.3) is 11.8 Å². The van der Waals surface area contributed by atoms with E-state index in [9.17, 15) is 14.4 Å². The molecular weight excluding hydrogens is 480 g/mol. The van der Waals surface area contributed by atoms with Crippen LogP contribution in [0.5, 0.6) is 0 Å². The second kappa shape index (κ2) is 9.25. The Morgan fingerprint density at radius 2 is 2.03 bits per heavy atom. The standard InChI is InChI=1S/C24H28N8O3S/c1-2-30-7-9-31(10-8-30)23(34)19-6-5-18(36-19)16-12-20(26-15-3-4-15)32-21(27-16)14(13-25-32)11-17-22(33)29-24(35)28-17/h6,11-13,15,18,26H,2-5,7-10H2,1H3,(H2,28,29,33,35)/b17-11-. The number of anilines is 1. The SMILES string of the molecule is CCN1CCN(C(=O)C2=CCC(c3cc(NC4CC4)n4ncc(/C=C5\NC(=O)NC5=O)c4n3)S2)CC1. The summed E-state index contributed by atoms with van der Waals surface area (Å²) in [5, 5.41) is 12.7. The number of nitrogens with one attached hydrogen (secondary N) is 3. The van der Waals surface area contributed by atoms with Crippen molar-refractivity contribution in [2.24, 2.45) is 0 Å². The fraction of sp³-hybridized carbons (Fsp3) is 0.458. The summed E-state index contributed by atoms with van der Waals surface area (Å²) in [6, 6.07) is 1.87. The van der Waals surface area contributed by atoms with Crippen molar-refractivity contribution in [3.63, 3.8) is 0 Å². The number of hydrogen-bond acceptors (Lipinski definition) is 8. The van der Waals surface area contributed by atoms with Crippen LogP contribution in [0.2, 0.25) is 0 Å². The van der Waals surface area contributed by atoms with Crippen molar-refractivity contribution in [1.82, 2.24) is 35.0 Å². The van der Waals surface area contributed by atoms with Crippen LogP contribution in [0, 0.1) is 0 Å². The van der Waals surface area contributed by atoms with Gasteiger partial charge in [0.1, 0.15) is 11.5 Å². The molecule has 3 N–H and O–H groups in total.